The lowest BCUT2D eigenvalue weighted by Crippen LogP contribution is -2.64. The summed E-state index contributed by atoms with van der Waals surface area (Å²) in [4.78, 5) is 59.9. The van der Waals surface area contributed by atoms with E-state index < -0.39 is 66.4 Å². The molecule has 2 aliphatic heterocycles. The lowest BCUT2D eigenvalue weighted by atomic mass is 9.91. The molecule has 0 unspecified atom stereocenters. The van der Waals surface area contributed by atoms with Gasteiger partial charge in [-0.3, -0.25) is 28.9 Å². The molecule has 0 radical (unpaired) electrons. The molecule has 2 heterocycles. The summed E-state index contributed by atoms with van der Waals surface area (Å²) < 4.78 is 26.7. The van der Waals surface area contributed by atoms with Crippen LogP contribution in [0.4, 0.5) is 0 Å². The van der Waals surface area contributed by atoms with E-state index in [2.05, 4.69) is 0 Å². The Kier molecular flexibility index (Phi) is 7.17. The van der Waals surface area contributed by atoms with E-state index in [0.717, 1.165) is 0 Å². The molecule has 11 heteroatoms. The molecular formula is C18H25NO10. The number of piperidine rings is 1. The molecule has 2 aliphatic rings. The normalized spacial score (nSPS) is 31.2. The highest BCUT2D eigenvalue weighted by Crippen LogP contribution is 2.36. The minimum Gasteiger partial charge on any atom is -0.457 e. The predicted octanol–water partition coefficient (Wildman–Crippen LogP) is -0.657. The summed E-state index contributed by atoms with van der Waals surface area (Å²) in [6, 6.07) is -0.775. The Morgan fingerprint density at radius 1 is 0.552 bits per heavy atom. The molecule has 6 atom stereocenters. The zero-order valence-corrected chi connectivity index (χ0v) is 16.9. The zero-order chi connectivity index (χ0) is 21.9. The summed E-state index contributed by atoms with van der Waals surface area (Å²) in [5.41, 5.74) is 0. The van der Waals surface area contributed by atoms with Crippen LogP contribution in [0.2, 0.25) is 0 Å². The molecule has 162 valence electrons. The first-order valence-corrected chi connectivity index (χ1v) is 9.09. The highest BCUT2D eigenvalue weighted by Gasteiger charge is 2.59. The fraction of sp³-hybridized carbons (Fsp3) is 0.722. The molecule has 2 rings (SSSR count). The SMILES string of the molecule is CC(=O)O[C@H]1[C@H](OC(C)=O)[C@@H](OC(C)=O)CN2C[C@@H](OC(C)=O)[C@@H](OC(C)=O)[C@H]12. The molecule has 0 N–H and O–H groups in total. The average molecular weight is 415 g/mol. The first-order chi connectivity index (χ1) is 13.5. The van der Waals surface area contributed by atoms with Crippen molar-refractivity contribution in [3.05, 3.63) is 0 Å². The van der Waals surface area contributed by atoms with Gasteiger partial charge in [0.1, 0.15) is 0 Å². The molecule has 29 heavy (non-hydrogen) atoms. The fourth-order valence-electron chi connectivity index (χ4n) is 3.85. The monoisotopic (exact) mass is 415 g/mol. The molecule has 0 aromatic carbocycles. The van der Waals surface area contributed by atoms with E-state index in [4.69, 9.17) is 23.7 Å². The minimum atomic E-state index is -1.13. The molecule has 11 nitrogen and oxygen atoms in total. The number of esters is 5. The van der Waals surface area contributed by atoms with Gasteiger partial charge in [0.2, 0.25) is 0 Å². The second kappa shape index (κ2) is 9.21. The standard InChI is InChI=1S/C18H25NO10/c1-8(20)25-13-6-19-7-14(26-9(2)21)17(28-11(4)23)18(29-12(5)24)15(19)16(13)27-10(3)22/h13-18H,6-7H2,1-5H3/t13-,14+,15-,16-,17-,18-/m1/s1. The van der Waals surface area contributed by atoms with E-state index in [-0.39, 0.29) is 13.1 Å². The molecule has 0 aliphatic carbocycles. The highest BCUT2D eigenvalue weighted by atomic mass is 16.6. The van der Waals surface area contributed by atoms with Gasteiger partial charge in [-0.25, -0.2) is 0 Å². The molecule has 2 saturated heterocycles. The Morgan fingerprint density at radius 3 is 1.31 bits per heavy atom. The first kappa shape index (κ1) is 22.6. The van der Waals surface area contributed by atoms with E-state index in [1.807, 2.05) is 0 Å². The predicted molar refractivity (Wildman–Crippen MR) is 93.1 cm³/mol. The van der Waals surface area contributed by atoms with Crippen molar-refractivity contribution in [2.75, 3.05) is 13.1 Å². The number of carbonyl (C=O) groups excluding carboxylic acids is 5. The van der Waals surface area contributed by atoms with Crippen LogP contribution in [0.3, 0.4) is 0 Å². The summed E-state index contributed by atoms with van der Waals surface area (Å²) >= 11 is 0. The van der Waals surface area contributed by atoms with Crippen LogP contribution in [0.25, 0.3) is 0 Å². The van der Waals surface area contributed by atoms with Gasteiger partial charge >= 0.3 is 29.8 Å². The van der Waals surface area contributed by atoms with Crippen molar-refractivity contribution in [3.8, 4) is 0 Å². The number of ether oxygens (including phenoxy) is 5. The Hall–Kier alpha value is -2.69. The van der Waals surface area contributed by atoms with Gasteiger partial charge < -0.3 is 23.7 Å². The zero-order valence-electron chi connectivity index (χ0n) is 16.9. The average Bonchev–Trinajstić information content (AvgIpc) is 2.85. The maximum atomic E-state index is 11.8. The van der Waals surface area contributed by atoms with Crippen molar-refractivity contribution in [1.29, 1.82) is 0 Å². The van der Waals surface area contributed by atoms with Gasteiger partial charge in [0, 0.05) is 47.7 Å². The summed E-state index contributed by atoms with van der Waals surface area (Å²) in [5, 5.41) is 0. The third-order valence-corrected chi connectivity index (χ3v) is 4.52. The maximum Gasteiger partial charge on any atom is 0.303 e. The summed E-state index contributed by atoms with van der Waals surface area (Å²) in [7, 11) is 0. The van der Waals surface area contributed by atoms with E-state index in [1.165, 1.54) is 34.6 Å². The Labute approximate surface area is 167 Å². The van der Waals surface area contributed by atoms with E-state index in [9.17, 15) is 24.0 Å². The quantitative estimate of drug-likeness (QED) is 0.418. The van der Waals surface area contributed by atoms with Crippen molar-refractivity contribution in [1.82, 2.24) is 4.90 Å². The largest absolute Gasteiger partial charge is 0.457 e. The van der Waals surface area contributed by atoms with E-state index >= 15 is 0 Å². The lowest BCUT2D eigenvalue weighted by molar-refractivity contribution is -0.207. The Bertz CT molecular complexity index is 692. The van der Waals surface area contributed by atoms with Crippen molar-refractivity contribution in [2.45, 2.75) is 71.2 Å². The van der Waals surface area contributed by atoms with Gasteiger partial charge in [-0.05, 0) is 0 Å². The molecule has 2 fully saturated rings. The van der Waals surface area contributed by atoms with Crippen molar-refractivity contribution in [2.24, 2.45) is 0 Å². The second-order valence-electron chi connectivity index (χ2n) is 6.96. The number of nitrogens with zero attached hydrogens (tertiary/aromatic N) is 1. The maximum absolute atomic E-state index is 11.8. The van der Waals surface area contributed by atoms with Crippen molar-refractivity contribution < 1.29 is 47.7 Å². The molecule has 0 amide bonds. The number of fused-ring (bicyclic) bond motifs is 1. The topological polar surface area (TPSA) is 135 Å². The van der Waals surface area contributed by atoms with Crippen LogP contribution in [0, 0.1) is 0 Å². The molecule has 0 saturated carbocycles. The van der Waals surface area contributed by atoms with Crippen LogP contribution >= 0.6 is 0 Å². The van der Waals surface area contributed by atoms with Gasteiger partial charge in [-0.2, -0.15) is 0 Å². The summed E-state index contributed by atoms with van der Waals surface area (Å²) in [5.74, 6) is -3.16. The van der Waals surface area contributed by atoms with Gasteiger partial charge in [-0.15, -0.1) is 0 Å². The lowest BCUT2D eigenvalue weighted by Gasteiger charge is -2.44. The van der Waals surface area contributed by atoms with Gasteiger partial charge in [0.05, 0.1) is 6.04 Å². The number of hydrogen-bond donors (Lipinski definition) is 0. The number of carbonyl (C=O) groups is 5. The highest BCUT2D eigenvalue weighted by molar-refractivity contribution is 5.69. The number of rotatable bonds is 5. The molecule has 0 spiro atoms. The van der Waals surface area contributed by atoms with Gasteiger partial charge in [-0.1, -0.05) is 0 Å². The smallest absolute Gasteiger partial charge is 0.303 e. The first-order valence-electron chi connectivity index (χ1n) is 9.09. The molecule has 0 aromatic heterocycles. The van der Waals surface area contributed by atoms with Gasteiger partial charge in [0.15, 0.2) is 30.5 Å². The Morgan fingerprint density at radius 2 is 0.897 bits per heavy atom. The van der Waals surface area contributed by atoms with E-state index in [0.29, 0.717) is 0 Å². The third-order valence-electron chi connectivity index (χ3n) is 4.52. The van der Waals surface area contributed by atoms with Crippen LogP contribution in [0.15, 0.2) is 0 Å². The van der Waals surface area contributed by atoms with Crippen molar-refractivity contribution in [3.63, 3.8) is 0 Å². The van der Waals surface area contributed by atoms with Crippen LogP contribution in [0.5, 0.6) is 0 Å². The third kappa shape index (κ3) is 5.66. The van der Waals surface area contributed by atoms with Gasteiger partial charge in [0.25, 0.3) is 0 Å². The number of hydrogen-bond acceptors (Lipinski definition) is 11. The molecule has 0 aromatic rings. The summed E-state index contributed by atoms with van der Waals surface area (Å²) in [6.07, 6.45) is -5.01. The summed E-state index contributed by atoms with van der Waals surface area (Å²) in [6.45, 7) is 6.19. The fourth-order valence-corrected chi connectivity index (χ4v) is 3.85. The van der Waals surface area contributed by atoms with Crippen molar-refractivity contribution >= 4 is 29.8 Å². The second-order valence-corrected chi connectivity index (χ2v) is 6.96. The van der Waals surface area contributed by atoms with Crippen LogP contribution in [0.1, 0.15) is 34.6 Å². The Balaban J connectivity index is 2.46. The molecular weight excluding hydrogens is 390 g/mol. The van der Waals surface area contributed by atoms with Crippen LogP contribution in [-0.4, -0.2) is 84.4 Å². The molecule has 0 bridgehead atoms. The van der Waals surface area contributed by atoms with Crippen LogP contribution < -0.4 is 0 Å². The minimum absolute atomic E-state index is 0.0927. The van der Waals surface area contributed by atoms with Crippen LogP contribution in [-0.2, 0) is 47.7 Å². The van der Waals surface area contributed by atoms with E-state index in [1.54, 1.807) is 4.90 Å².